The van der Waals surface area contributed by atoms with Crippen molar-refractivity contribution in [3.8, 4) is 11.4 Å². The molecule has 12 nitrogen and oxygen atoms in total. The van der Waals surface area contributed by atoms with Crippen LogP contribution in [0, 0.1) is 5.82 Å². The van der Waals surface area contributed by atoms with Crippen molar-refractivity contribution in [1.82, 2.24) is 29.6 Å². The standard InChI is InChI=1S/C22H23FN6O6/c23-14-2-1-13(15(9-14)29-21(33)25-12-26-29)10-24-18(31)16-17(30)19(32)28-5-8-35-11-22(20(28)27-16)3-6-34-7-4-22/h1-2,9,12,30H,3-8,10-11H2,(H,24,31)(H,25,26,33). The summed E-state index contributed by atoms with van der Waals surface area (Å²) in [5.74, 6) is -1.76. The number of aromatic nitrogens is 5. The van der Waals surface area contributed by atoms with Crippen LogP contribution in [-0.4, -0.2) is 61.8 Å². The molecule has 1 amide bonds. The van der Waals surface area contributed by atoms with Gasteiger partial charge in [-0.05, 0) is 24.5 Å². The average molecular weight is 486 g/mol. The molecule has 35 heavy (non-hydrogen) atoms. The van der Waals surface area contributed by atoms with Crippen LogP contribution in [0.5, 0.6) is 5.75 Å². The van der Waals surface area contributed by atoms with Crippen molar-refractivity contribution >= 4 is 5.91 Å². The van der Waals surface area contributed by atoms with Crippen LogP contribution in [0.1, 0.15) is 34.7 Å². The minimum absolute atomic E-state index is 0.133. The van der Waals surface area contributed by atoms with Gasteiger partial charge in [0.1, 0.15) is 18.0 Å². The van der Waals surface area contributed by atoms with Gasteiger partial charge < -0.3 is 19.9 Å². The zero-order chi connectivity index (χ0) is 24.6. The molecule has 1 fully saturated rings. The second kappa shape index (κ2) is 9.07. The lowest BCUT2D eigenvalue weighted by atomic mass is 9.80. The second-order valence-corrected chi connectivity index (χ2v) is 8.50. The third-order valence-electron chi connectivity index (χ3n) is 6.39. The van der Waals surface area contributed by atoms with Crippen molar-refractivity contribution in [2.24, 2.45) is 0 Å². The molecule has 1 spiro atoms. The van der Waals surface area contributed by atoms with E-state index >= 15 is 0 Å². The first-order valence-electron chi connectivity index (χ1n) is 11.1. The number of carbonyl (C=O) groups excluding carboxylic acids is 1. The minimum Gasteiger partial charge on any atom is -0.501 e. The Balaban J connectivity index is 1.48. The van der Waals surface area contributed by atoms with E-state index < -0.39 is 39.8 Å². The maximum absolute atomic E-state index is 13.9. The zero-order valence-corrected chi connectivity index (χ0v) is 18.6. The molecule has 0 aliphatic carbocycles. The number of H-pyrrole nitrogens is 1. The number of amides is 1. The van der Waals surface area contributed by atoms with Gasteiger partial charge in [0, 0.05) is 25.8 Å². The number of ether oxygens (including phenoxy) is 2. The number of fused-ring (bicyclic) bond motifs is 2. The van der Waals surface area contributed by atoms with Crippen molar-refractivity contribution in [2.75, 3.05) is 26.4 Å². The molecule has 0 atom stereocenters. The number of halogens is 1. The minimum atomic E-state index is -0.792. The maximum Gasteiger partial charge on any atom is 0.347 e. The predicted molar refractivity (Wildman–Crippen MR) is 118 cm³/mol. The molecule has 2 aliphatic heterocycles. The van der Waals surface area contributed by atoms with Crippen LogP contribution in [0.2, 0.25) is 0 Å². The monoisotopic (exact) mass is 486 g/mol. The van der Waals surface area contributed by atoms with Gasteiger partial charge in [-0.25, -0.2) is 14.2 Å². The van der Waals surface area contributed by atoms with Gasteiger partial charge in [-0.1, -0.05) is 6.07 Å². The maximum atomic E-state index is 13.9. The van der Waals surface area contributed by atoms with Crippen molar-refractivity contribution in [1.29, 1.82) is 0 Å². The number of carbonyl (C=O) groups is 1. The van der Waals surface area contributed by atoms with E-state index in [4.69, 9.17) is 9.47 Å². The highest BCUT2D eigenvalue weighted by Gasteiger charge is 2.41. The number of hydrogen-bond donors (Lipinski definition) is 3. The van der Waals surface area contributed by atoms with Crippen LogP contribution in [0.15, 0.2) is 34.1 Å². The summed E-state index contributed by atoms with van der Waals surface area (Å²) in [7, 11) is 0. The molecule has 1 saturated heterocycles. The number of nitrogens with zero attached hydrogens (tertiary/aromatic N) is 4. The van der Waals surface area contributed by atoms with E-state index in [-0.39, 0.29) is 25.4 Å². The normalized spacial score (nSPS) is 17.1. The Morgan fingerprint density at radius 1 is 1.23 bits per heavy atom. The Hall–Kier alpha value is -3.84. The number of aromatic amines is 1. The summed E-state index contributed by atoms with van der Waals surface area (Å²) >= 11 is 0. The van der Waals surface area contributed by atoms with Crippen molar-refractivity contribution in [2.45, 2.75) is 31.3 Å². The van der Waals surface area contributed by atoms with Gasteiger partial charge in [-0.15, -0.1) is 0 Å². The van der Waals surface area contributed by atoms with Crippen LogP contribution < -0.4 is 16.6 Å². The van der Waals surface area contributed by atoms with E-state index in [2.05, 4.69) is 20.4 Å². The molecule has 0 radical (unpaired) electrons. The molecule has 1 aromatic carbocycles. The van der Waals surface area contributed by atoms with Gasteiger partial charge in [-0.2, -0.15) is 9.78 Å². The molecular weight excluding hydrogens is 463 g/mol. The fourth-order valence-corrected chi connectivity index (χ4v) is 4.50. The fraction of sp³-hybridized carbons (Fsp3) is 0.409. The summed E-state index contributed by atoms with van der Waals surface area (Å²) in [5.41, 5.74) is -1.80. The van der Waals surface area contributed by atoms with Gasteiger partial charge in [0.05, 0.1) is 30.9 Å². The Labute approximate surface area is 197 Å². The summed E-state index contributed by atoms with van der Waals surface area (Å²) in [4.78, 5) is 44.9. The third kappa shape index (κ3) is 4.12. The summed E-state index contributed by atoms with van der Waals surface area (Å²) in [6, 6.07) is 3.70. The Bertz CT molecular complexity index is 1390. The molecule has 5 rings (SSSR count). The molecule has 2 aliphatic rings. The molecule has 4 heterocycles. The Kier molecular flexibility index (Phi) is 5.94. The van der Waals surface area contributed by atoms with E-state index in [0.29, 0.717) is 44.1 Å². The number of aromatic hydroxyl groups is 1. The largest absolute Gasteiger partial charge is 0.501 e. The zero-order valence-electron chi connectivity index (χ0n) is 18.6. The van der Waals surface area contributed by atoms with Crippen LogP contribution in [-0.2, 0) is 28.0 Å². The lowest BCUT2D eigenvalue weighted by Crippen LogP contribution is -2.43. The highest BCUT2D eigenvalue weighted by Crippen LogP contribution is 2.35. The number of benzene rings is 1. The van der Waals surface area contributed by atoms with Gasteiger partial charge in [-0.3, -0.25) is 19.1 Å². The van der Waals surface area contributed by atoms with Crippen LogP contribution in [0.3, 0.4) is 0 Å². The van der Waals surface area contributed by atoms with Crippen molar-refractivity contribution in [3.63, 3.8) is 0 Å². The number of nitrogens with one attached hydrogen (secondary N) is 2. The summed E-state index contributed by atoms with van der Waals surface area (Å²) in [6.45, 7) is 1.59. The highest BCUT2D eigenvalue weighted by atomic mass is 19.1. The van der Waals surface area contributed by atoms with Gasteiger partial charge >= 0.3 is 5.69 Å². The van der Waals surface area contributed by atoms with E-state index in [0.717, 1.165) is 17.1 Å². The summed E-state index contributed by atoms with van der Waals surface area (Å²) < 4.78 is 27.4. The fourth-order valence-electron chi connectivity index (χ4n) is 4.50. The quantitative estimate of drug-likeness (QED) is 0.465. The molecule has 3 N–H and O–H groups in total. The van der Waals surface area contributed by atoms with E-state index in [9.17, 15) is 23.9 Å². The van der Waals surface area contributed by atoms with Gasteiger partial charge in [0.15, 0.2) is 5.69 Å². The van der Waals surface area contributed by atoms with Crippen LogP contribution in [0.4, 0.5) is 4.39 Å². The number of hydrogen-bond acceptors (Lipinski definition) is 8. The van der Waals surface area contributed by atoms with Crippen LogP contribution in [0.25, 0.3) is 5.69 Å². The first-order chi connectivity index (χ1) is 16.9. The lowest BCUT2D eigenvalue weighted by Gasteiger charge is -2.35. The molecule has 3 aromatic rings. The molecular formula is C22H23FN6O6. The smallest absolute Gasteiger partial charge is 0.347 e. The predicted octanol–water partition coefficient (Wildman–Crippen LogP) is -0.0296. The summed E-state index contributed by atoms with van der Waals surface area (Å²) in [5, 5.41) is 17.0. The highest BCUT2D eigenvalue weighted by molar-refractivity contribution is 5.94. The van der Waals surface area contributed by atoms with E-state index in [1.54, 1.807) is 0 Å². The first-order valence-corrected chi connectivity index (χ1v) is 11.1. The van der Waals surface area contributed by atoms with Gasteiger partial charge in [0.2, 0.25) is 5.75 Å². The second-order valence-electron chi connectivity index (χ2n) is 8.50. The average Bonchev–Trinajstić information content (AvgIpc) is 3.21. The molecule has 0 bridgehead atoms. The van der Waals surface area contributed by atoms with Crippen molar-refractivity contribution in [3.05, 3.63) is 68.3 Å². The first kappa shape index (κ1) is 22.9. The topological polar surface area (TPSA) is 153 Å². The van der Waals surface area contributed by atoms with Crippen molar-refractivity contribution < 1.29 is 23.8 Å². The summed E-state index contributed by atoms with van der Waals surface area (Å²) in [6.07, 6.45) is 2.28. The molecule has 0 unspecified atom stereocenters. The van der Waals surface area contributed by atoms with Crippen LogP contribution >= 0.6 is 0 Å². The third-order valence-corrected chi connectivity index (χ3v) is 6.39. The SMILES string of the molecule is O=C(NCc1ccc(F)cc1-n1nc[nH]c1=O)c1nc2n(c(=O)c1O)CCOCC21CCOCC1. The number of rotatable bonds is 4. The molecule has 2 aromatic heterocycles. The molecule has 13 heteroatoms. The van der Waals surface area contributed by atoms with Gasteiger partial charge in [0.25, 0.3) is 11.5 Å². The Morgan fingerprint density at radius 3 is 2.77 bits per heavy atom. The lowest BCUT2D eigenvalue weighted by molar-refractivity contribution is 0.00413. The molecule has 0 saturated carbocycles. The van der Waals surface area contributed by atoms with E-state index in [1.165, 1.54) is 16.7 Å². The van der Waals surface area contributed by atoms with E-state index in [1.807, 2.05) is 0 Å². The molecule has 184 valence electrons. The Morgan fingerprint density at radius 2 is 2.03 bits per heavy atom.